The van der Waals surface area contributed by atoms with Crippen LogP contribution in [-0.4, -0.2) is 15.8 Å². The van der Waals surface area contributed by atoms with Crippen molar-refractivity contribution in [1.82, 2.24) is 9.55 Å². The summed E-state index contributed by atoms with van der Waals surface area (Å²) in [6, 6.07) is 19.0. The lowest BCUT2D eigenvalue weighted by Crippen LogP contribution is -1.99. The van der Waals surface area contributed by atoms with E-state index in [1.165, 1.54) is 10.5 Å². The number of para-hydroxylation sites is 2. The zero-order valence-corrected chi connectivity index (χ0v) is 14.5. The van der Waals surface area contributed by atoms with Gasteiger partial charge in [0.15, 0.2) is 5.16 Å². The van der Waals surface area contributed by atoms with Gasteiger partial charge in [0.1, 0.15) is 0 Å². The van der Waals surface area contributed by atoms with Gasteiger partial charge in [-0.05, 0) is 36.1 Å². The quantitative estimate of drug-likeness (QED) is 0.595. The van der Waals surface area contributed by atoms with E-state index in [1.54, 1.807) is 23.5 Å². The molecule has 3 rings (SSSR count). The second kappa shape index (κ2) is 7.58. The number of imidazole rings is 1. The first-order valence-corrected chi connectivity index (χ1v) is 9.61. The Bertz CT molecular complexity index is 832. The summed E-state index contributed by atoms with van der Waals surface area (Å²) >= 11 is 3.48. The highest BCUT2D eigenvalue weighted by Gasteiger charge is 2.10. The predicted molar refractivity (Wildman–Crippen MR) is 97.7 cm³/mol. The van der Waals surface area contributed by atoms with Crippen LogP contribution in [0.3, 0.4) is 0 Å². The molecule has 0 unspecified atom stereocenters. The molecule has 0 bridgehead atoms. The van der Waals surface area contributed by atoms with Gasteiger partial charge in [0, 0.05) is 17.2 Å². The van der Waals surface area contributed by atoms with Crippen molar-refractivity contribution in [1.29, 1.82) is 5.26 Å². The third-order valence-corrected chi connectivity index (χ3v) is 5.38. The van der Waals surface area contributed by atoms with Gasteiger partial charge in [0.05, 0.1) is 23.5 Å². The van der Waals surface area contributed by atoms with E-state index >= 15 is 0 Å². The third kappa shape index (κ3) is 3.72. The van der Waals surface area contributed by atoms with Crippen molar-refractivity contribution >= 4 is 34.6 Å². The average Bonchev–Trinajstić information content (AvgIpc) is 2.96. The van der Waals surface area contributed by atoms with E-state index in [0.29, 0.717) is 13.0 Å². The molecule has 0 amide bonds. The minimum absolute atomic E-state index is 0.496. The van der Waals surface area contributed by atoms with Gasteiger partial charge in [0.2, 0.25) is 0 Å². The van der Waals surface area contributed by atoms with Gasteiger partial charge in [-0.15, -0.1) is 11.8 Å². The Morgan fingerprint density at radius 2 is 1.91 bits per heavy atom. The number of aromatic nitrogens is 2. The highest BCUT2D eigenvalue weighted by molar-refractivity contribution is 7.98. The van der Waals surface area contributed by atoms with Gasteiger partial charge >= 0.3 is 0 Å². The van der Waals surface area contributed by atoms with Crippen LogP contribution in [0.25, 0.3) is 11.0 Å². The monoisotopic (exact) mass is 339 g/mol. The fraction of sp³-hybridized carbons (Fsp3) is 0.222. The van der Waals surface area contributed by atoms with Crippen molar-refractivity contribution in [3.8, 4) is 6.07 Å². The van der Waals surface area contributed by atoms with E-state index in [1.807, 2.05) is 18.2 Å². The second-order valence-corrected chi connectivity index (χ2v) is 6.90. The second-order valence-electron chi connectivity index (χ2n) is 5.08. The molecule has 0 radical (unpaired) electrons. The van der Waals surface area contributed by atoms with Crippen LogP contribution in [0, 0.1) is 11.3 Å². The standard InChI is InChI=1S/C18H17N3S2/c1-22-15-9-7-14(8-10-15)13-23-18-20-16-5-2-3-6-17(16)21(18)12-4-11-19/h2-3,5-10H,4,12-13H2,1H3. The summed E-state index contributed by atoms with van der Waals surface area (Å²) in [5, 5.41) is 9.87. The number of aryl methyl sites for hydroxylation is 1. The van der Waals surface area contributed by atoms with Crippen molar-refractivity contribution in [2.24, 2.45) is 0 Å². The number of nitriles is 1. The molecule has 1 heterocycles. The van der Waals surface area contributed by atoms with Crippen molar-refractivity contribution in [3.63, 3.8) is 0 Å². The lowest BCUT2D eigenvalue weighted by Gasteiger charge is -2.07. The number of nitrogens with zero attached hydrogens (tertiary/aromatic N) is 3. The Morgan fingerprint density at radius 3 is 2.65 bits per heavy atom. The van der Waals surface area contributed by atoms with Gasteiger partial charge in [-0.1, -0.05) is 36.0 Å². The molecule has 3 aromatic rings. The zero-order chi connectivity index (χ0) is 16.1. The number of thioether (sulfide) groups is 2. The van der Waals surface area contributed by atoms with Gasteiger partial charge in [-0.2, -0.15) is 5.26 Å². The highest BCUT2D eigenvalue weighted by Crippen LogP contribution is 2.27. The summed E-state index contributed by atoms with van der Waals surface area (Å²) in [5.41, 5.74) is 3.38. The average molecular weight is 339 g/mol. The van der Waals surface area contributed by atoms with E-state index < -0.39 is 0 Å². The van der Waals surface area contributed by atoms with E-state index in [2.05, 4.69) is 47.2 Å². The molecule has 0 aliphatic heterocycles. The number of hydrogen-bond acceptors (Lipinski definition) is 4. The summed E-state index contributed by atoms with van der Waals surface area (Å²) in [6.07, 6.45) is 2.58. The molecule has 0 N–H and O–H groups in total. The van der Waals surface area contributed by atoms with Gasteiger partial charge in [0.25, 0.3) is 0 Å². The Morgan fingerprint density at radius 1 is 1.13 bits per heavy atom. The molecule has 116 valence electrons. The maximum absolute atomic E-state index is 8.89. The maximum atomic E-state index is 8.89. The molecule has 3 nitrogen and oxygen atoms in total. The molecule has 0 aliphatic rings. The van der Waals surface area contributed by atoms with Crippen LogP contribution in [-0.2, 0) is 12.3 Å². The van der Waals surface area contributed by atoms with Crippen molar-refractivity contribution in [2.45, 2.75) is 28.8 Å². The minimum Gasteiger partial charge on any atom is -0.318 e. The Balaban J connectivity index is 1.82. The molecule has 0 fully saturated rings. The molecular formula is C18H17N3S2. The Hall–Kier alpha value is -1.90. The van der Waals surface area contributed by atoms with E-state index in [0.717, 1.165) is 21.9 Å². The van der Waals surface area contributed by atoms with Crippen LogP contribution >= 0.6 is 23.5 Å². The largest absolute Gasteiger partial charge is 0.318 e. The van der Waals surface area contributed by atoms with Crippen LogP contribution < -0.4 is 0 Å². The molecule has 5 heteroatoms. The van der Waals surface area contributed by atoms with E-state index in [4.69, 9.17) is 10.2 Å². The number of rotatable bonds is 6. The molecule has 2 aromatic carbocycles. The van der Waals surface area contributed by atoms with E-state index in [9.17, 15) is 0 Å². The first-order chi connectivity index (χ1) is 11.3. The topological polar surface area (TPSA) is 41.6 Å². The number of hydrogen-bond donors (Lipinski definition) is 0. The van der Waals surface area contributed by atoms with Crippen LogP contribution in [0.5, 0.6) is 0 Å². The van der Waals surface area contributed by atoms with Gasteiger partial charge < -0.3 is 4.57 Å². The summed E-state index contributed by atoms with van der Waals surface area (Å²) < 4.78 is 2.15. The van der Waals surface area contributed by atoms with Crippen molar-refractivity contribution < 1.29 is 0 Å². The first kappa shape index (κ1) is 16.0. The van der Waals surface area contributed by atoms with Crippen molar-refractivity contribution in [3.05, 3.63) is 54.1 Å². The summed E-state index contributed by atoms with van der Waals surface area (Å²) in [7, 11) is 0. The fourth-order valence-electron chi connectivity index (χ4n) is 2.41. The predicted octanol–water partition coefficient (Wildman–Crippen LogP) is 4.96. The Kier molecular flexibility index (Phi) is 5.27. The Labute approximate surface area is 144 Å². The summed E-state index contributed by atoms with van der Waals surface area (Å²) in [6.45, 7) is 0.685. The molecular weight excluding hydrogens is 322 g/mol. The first-order valence-electron chi connectivity index (χ1n) is 7.40. The van der Waals surface area contributed by atoms with Crippen LogP contribution in [0.2, 0.25) is 0 Å². The zero-order valence-electron chi connectivity index (χ0n) is 12.9. The van der Waals surface area contributed by atoms with Crippen LogP contribution in [0.4, 0.5) is 0 Å². The highest BCUT2D eigenvalue weighted by atomic mass is 32.2. The van der Waals surface area contributed by atoms with Gasteiger partial charge in [-0.25, -0.2) is 4.98 Å². The molecule has 0 spiro atoms. The maximum Gasteiger partial charge on any atom is 0.169 e. The fourth-order valence-corrected chi connectivity index (χ4v) is 3.82. The molecule has 0 atom stereocenters. The summed E-state index contributed by atoms with van der Waals surface area (Å²) in [5.74, 6) is 0.880. The third-order valence-electron chi connectivity index (χ3n) is 3.59. The summed E-state index contributed by atoms with van der Waals surface area (Å²) in [4.78, 5) is 6.00. The van der Waals surface area contributed by atoms with Crippen LogP contribution in [0.1, 0.15) is 12.0 Å². The molecule has 23 heavy (non-hydrogen) atoms. The lowest BCUT2D eigenvalue weighted by molar-refractivity contribution is 0.667. The molecule has 0 saturated heterocycles. The normalized spacial score (nSPS) is 10.8. The van der Waals surface area contributed by atoms with Gasteiger partial charge in [-0.3, -0.25) is 0 Å². The molecule has 0 saturated carbocycles. The lowest BCUT2D eigenvalue weighted by atomic mass is 10.2. The molecule has 0 aliphatic carbocycles. The number of fused-ring (bicyclic) bond motifs is 1. The van der Waals surface area contributed by atoms with Crippen LogP contribution in [0.15, 0.2) is 58.6 Å². The molecule has 1 aromatic heterocycles. The SMILES string of the molecule is CSc1ccc(CSc2nc3ccccc3n2CCC#N)cc1. The van der Waals surface area contributed by atoms with Crippen molar-refractivity contribution in [2.75, 3.05) is 6.26 Å². The number of benzene rings is 2. The van der Waals surface area contributed by atoms with E-state index in [-0.39, 0.29) is 0 Å². The minimum atomic E-state index is 0.496. The smallest absolute Gasteiger partial charge is 0.169 e.